The third kappa shape index (κ3) is 3.50. The zero-order valence-corrected chi connectivity index (χ0v) is 12.3. The minimum absolute atomic E-state index is 0.122. The molecule has 0 amide bonds. The van der Waals surface area contributed by atoms with Gasteiger partial charge in [0, 0.05) is 24.0 Å². The van der Waals surface area contributed by atoms with Gasteiger partial charge in [-0.1, -0.05) is 0 Å². The van der Waals surface area contributed by atoms with Crippen LogP contribution in [0.5, 0.6) is 5.75 Å². The second-order valence-corrected chi connectivity index (χ2v) is 4.49. The van der Waals surface area contributed by atoms with Gasteiger partial charge in [0.15, 0.2) is 5.69 Å². The van der Waals surface area contributed by atoms with Gasteiger partial charge in [0.1, 0.15) is 5.75 Å². The Morgan fingerprint density at radius 2 is 2.19 bits per heavy atom. The average Bonchev–Trinajstić information content (AvgIpc) is 2.79. The Morgan fingerprint density at radius 3 is 2.86 bits per heavy atom. The van der Waals surface area contributed by atoms with Gasteiger partial charge in [0.25, 0.3) is 0 Å². The number of carbonyl (C=O) groups excluding carboxylic acids is 1. The highest BCUT2D eigenvalue weighted by Gasteiger charge is 2.16. The molecule has 0 saturated heterocycles. The highest BCUT2D eigenvalue weighted by atomic mass is 16.5. The Bertz CT molecular complexity index is 652. The molecule has 0 bridgehead atoms. The summed E-state index contributed by atoms with van der Waals surface area (Å²) in [6.45, 7) is 4.28. The normalized spacial score (nSPS) is 10.4. The van der Waals surface area contributed by atoms with Gasteiger partial charge >= 0.3 is 5.97 Å². The second kappa shape index (κ2) is 6.25. The van der Waals surface area contributed by atoms with Crippen molar-refractivity contribution in [1.29, 1.82) is 0 Å². The van der Waals surface area contributed by atoms with Crippen LogP contribution in [0.4, 0.5) is 5.69 Å². The van der Waals surface area contributed by atoms with Crippen LogP contribution in [0.2, 0.25) is 0 Å². The Kier molecular flexibility index (Phi) is 4.42. The Balaban J connectivity index is 2.22. The molecule has 2 aromatic heterocycles. The van der Waals surface area contributed by atoms with Gasteiger partial charge in [0.05, 0.1) is 31.6 Å². The highest BCUT2D eigenvalue weighted by Crippen LogP contribution is 2.16. The average molecular weight is 290 g/mol. The van der Waals surface area contributed by atoms with Crippen molar-refractivity contribution in [2.24, 2.45) is 0 Å². The molecule has 21 heavy (non-hydrogen) atoms. The number of pyridine rings is 1. The van der Waals surface area contributed by atoms with Crippen LogP contribution >= 0.6 is 0 Å². The molecule has 0 spiro atoms. The molecule has 0 saturated carbocycles. The number of esters is 1. The Morgan fingerprint density at radius 1 is 1.43 bits per heavy atom. The van der Waals surface area contributed by atoms with Crippen molar-refractivity contribution in [3.63, 3.8) is 0 Å². The lowest BCUT2D eigenvalue weighted by Crippen LogP contribution is -2.09. The fraction of sp³-hybridized carbons (Fsp3) is 0.357. The predicted molar refractivity (Wildman–Crippen MR) is 77.2 cm³/mol. The van der Waals surface area contributed by atoms with Crippen molar-refractivity contribution < 1.29 is 14.3 Å². The molecule has 0 aliphatic carbocycles. The van der Waals surface area contributed by atoms with Gasteiger partial charge in [0.2, 0.25) is 0 Å². The number of nitrogens with zero attached hydrogens (tertiary/aromatic N) is 3. The minimum Gasteiger partial charge on any atom is -0.497 e. The SMILES string of the molecule is CCOC(=O)c1nn(Cc2cc(OC)cc(C)n2)cc1N. The van der Waals surface area contributed by atoms with Crippen LogP contribution < -0.4 is 10.5 Å². The van der Waals surface area contributed by atoms with Crippen molar-refractivity contribution >= 4 is 11.7 Å². The summed E-state index contributed by atoms with van der Waals surface area (Å²) < 4.78 is 11.7. The molecular formula is C14H18N4O3. The second-order valence-electron chi connectivity index (χ2n) is 4.49. The summed E-state index contributed by atoms with van der Waals surface area (Å²) in [6.07, 6.45) is 1.59. The molecule has 2 N–H and O–H groups in total. The number of aromatic nitrogens is 3. The van der Waals surface area contributed by atoms with E-state index in [4.69, 9.17) is 15.2 Å². The molecule has 7 nitrogen and oxygen atoms in total. The summed E-state index contributed by atoms with van der Waals surface area (Å²) in [6, 6.07) is 3.65. The summed E-state index contributed by atoms with van der Waals surface area (Å²) in [5.74, 6) is 0.201. The van der Waals surface area contributed by atoms with Crippen molar-refractivity contribution in [3.05, 3.63) is 35.4 Å². The highest BCUT2D eigenvalue weighted by molar-refractivity contribution is 5.92. The molecule has 0 aliphatic rings. The van der Waals surface area contributed by atoms with E-state index in [0.29, 0.717) is 6.54 Å². The first-order valence-electron chi connectivity index (χ1n) is 6.55. The lowest BCUT2D eigenvalue weighted by Gasteiger charge is -2.06. The van der Waals surface area contributed by atoms with Crippen molar-refractivity contribution in [3.8, 4) is 5.75 Å². The molecule has 2 heterocycles. The monoisotopic (exact) mass is 290 g/mol. The van der Waals surface area contributed by atoms with Crippen molar-refractivity contribution in [1.82, 2.24) is 14.8 Å². The van der Waals surface area contributed by atoms with Crippen LogP contribution in [0.15, 0.2) is 18.3 Å². The maximum atomic E-state index is 11.7. The molecule has 2 aromatic rings. The summed E-state index contributed by atoms with van der Waals surface area (Å²) in [5, 5.41) is 4.15. The van der Waals surface area contributed by atoms with Crippen LogP contribution in [-0.2, 0) is 11.3 Å². The molecule has 112 valence electrons. The van der Waals surface area contributed by atoms with E-state index in [2.05, 4.69) is 10.1 Å². The van der Waals surface area contributed by atoms with E-state index in [-0.39, 0.29) is 18.0 Å². The molecular weight excluding hydrogens is 272 g/mol. The van der Waals surface area contributed by atoms with Crippen LogP contribution in [0, 0.1) is 6.92 Å². The first-order chi connectivity index (χ1) is 10.0. The first-order valence-corrected chi connectivity index (χ1v) is 6.55. The van der Waals surface area contributed by atoms with Crippen LogP contribution in [0.1, 0.15) is 28.8 Å². The molecule has 0 atom stereocenters. The maximum Gasteiger partial charge on any atom is 0.361 e. The van der Waals surface area contributed by atoms with Gasteiger partial charge in [-0.2, -0.15) is 5.10 Å². The van der Waals surface area contributed by atoms with E-state index in [1.807, 2.05) is 19.1 Å². The van der Waals surface area contributed by atoms with Crippen LogP contribution in [0.3, 0.4) is 0 Å². The topological polar surface area (TPSA) is 92.3 Å². The molecule has 0 unspecified atom stereocenters. The molecule has 7 heteroatoms. The lowest BCUT2D eigenvalue weighted by atomic mass is 10.3. The van der Waals surface area contributed by atoms with Gasteiger partial charge in [-0.25, -0.2) is 4.79 Å². The number of nitrogen functional groups attached to an aromatic ring is 1. The van der Waals surface area contributed by atoms with E-state index in [1.54, 1.807) is 24.9 Å². The smallest absolute Gasteiger partial charge is 0.361 e. The van der Waals surface area contributed by atoms with Gasteiger partial charge < -0.3 is 15.2 Å². The van der Waals surface area contributed by atoms with Gasteiger partial charge in [-0.15, -0.1) is 0 Å². The summed E-state index contributed by atoms with van der Waals surface area (Å²) in [7, 11) is 1.60. The number of hydrogen-bond donors (Lipinski definition) is 1. The number of anilines is 1. The number of ether oxygens (including phenoxy) is 2. The molecule has 0 fully saturated rings. The van der Waals surface area contributed by atoms with E-state index < -0.39 is 5.97 Å². The summed E-state index contributed by atoms with van der Waals surface area (Å²) in [5.41, 5.74) is 7.80. The maximum absolute atomic E-state index is 11.7. The number of carbonyl (C=O) groups is 1. The summed E-state index contributed by atoms with van der Waals surface area (Å²) in [4.78, 5) is 16.1. The number of aryl methyl sites for hydroxylation is 1. The fourth-order valence-corrected chi connectivity index (χ4v) is 1.94. The number of nitrogens with two attached hydrogens (primary N) is 1. The van der Waals surface area contributed by atoms with Crippen molar-refractivity contribution in [2.75, 3.05) is 19.5 Å². The Hall–Kier alpha value is -2.57. The zero-order valence-electron chi connectivity index (χ0n) is 12.3. The minimum atomic E-state index is -0.525. The van der Waals surface area contributed by atoms with Gasteiger partial charge in [-0.05, 0) is 13.8 Å². The number of hydrogen-bond acceptors (Lipinski definition) is 6. The van der Waals surface area contributed by atoms with E-state index in [1.165, 1.54) is 0 Å². The molecule has 0 aromatic carbocycles. The largest absolute Gasteiger partial charge is 0.497 e. The third-order valence-corrected chi connectivity index (χ3v) is 2.80. The molecule has 0 aliphatic heterocycles. The van der Waals surface area contributed by atoms with Gasteiger partial charge in [-0.3, -0.25) is 9.67 Å². The zero-order chi connectivity index (χ0) is 15.4. The first kappa shape index (κ1) is 14.8. The quantitative estimate of drug-likeness (QED) is 0.837. The molecule has 0 radical (unpaired) electrons. The fourth-order valence-electron chi connectivity index (χ4n) is 1.94. The Labute approximate surface area is 122 Å². The van der Waals surface area contributed by atoms with E-state index in [9.17, 15) is 4.79 Å². The number of methoxy groups -OCH3 is 1. The lowest BCUT2D eigenvalue weighted by molar-refractivity contribution is 0.0519. The number of rotatable bonds is 5. The van der Waals surface area contributed by atoms with E-state index >= 15 is 0 Å². The van der Waals surface area contributed by atoms with Crippen molar-refractivity contribution in [2.45, 2.75) is 20.4 Å². The van der Waals surface area contributed by atoms with Crippen LogP contribution in [0.25, 0.3) is 0 Å². The standard InChI is InChI=1S/C14H18N4O3/c1-4-21-14(19)13-12(15)8-18(17-13)7-10-6-11(20-3)5-9(2)16-10/h5-6,8H,4,7,15H2,1-3H3. The van der Waals surface area contributed by atoms with Crippen LogP contribution in [-0.4, -0.2) is 34.5 Å². The molecule has 2 rings (SSSR count). The summed E-state index contributed by atoms with van der Waals surface area (Å²) >= 11 is 0. The predicted octanol–water partition coefficient (Wildman–Crippen LogP) is 1.40. The van der Waals surface area contributed by atoms with E-state index in [0.717, 1.165) is 17.1 Å². The third-order valence-electron chi connectivity index (χ3n) is 2.80.